The molecular weight excluding hydrogens is 247 g/mol. The molecule has 0 saturated carbocycles. The minimum Gasteiger partial charge on any atom is -0.294 e. The molecule has 2 rings (SSSR count). The fourth-order valence-corrected chi connectivity index (χ4v) is 1.42. The molecule has 2 aromatic rings. The first kappa shape index (κ1) is 12.3. The van der Waals surface area contributed by atoms with Gasteiger partial charge in [-0.15, -0.1) is 0 Å². The average Bonchev–Trinajstić information content (AvgIpc) is 2.81. The Bertz CT molecular complexity index is 532. The number of aromatic nitrogens is 3. The molecule has 4 nitrogen and oxygen atoms in total. The second kappa shape index (κ2) is 4.59. The molecule has 0 aliphatic rings. The average molecular weight is 255 g/mol. The van der Waals surface area contributed by atoms with Gasteiger partial charge >= 0.3 is 6.18 Å². The smallest absolute Gasteiger partial charge is 0.294 e. The number of H-pyrrole nitrogens is 1. The standard InChI is InChI=1S/C11H8F3N3O/c12-11(13,14)8-3-1-7(2-4-8)9(18)5-10-15-6-16-17-10/h1-4,6H,5H2,(H,15,16,17). The van der Waals surface area contributed by atoms with Crippen molar-refractivity contribution in [2.24, 2.45) is 0 Å². The molecule has 0 bridgehead atoms. The molecule has 0 spiro atoms. The lowest BCUT2D eigenvalue weighted by Crippen LogP contribution is -2.08. The highest BCUT2D eigenvalue weighted by Crippen LogP contribution is 2.29. The molecular formula is C11H8F3N3O. The van der Waals surface area contributed by atoms with Crippen molar-refractivity contribution in [3.05, 3.63) is 47.5 Å². The number of alkyl halides is 3. The Labute approximate surface area is 99.9 Å². The number of ketones is 1. The van der Waals surface area contributed by atoms with E-state index in [0.717, 1.165) is 24.3 Å². The first-order valence-corrected chi connectivity index (χ1v) is 5.01. The van der Waals surface area contributed by atoms with Crippen molar-refractivity contribution in [2.45, 2.75) is 12.6 Å². The molecule has 0 atom stereocenters. The molecule has 0 saturated heterocycles. The van der Waals surface area contributed by atoms with Crippen LogP contribution in [0.2, 0.25) is 0 Å². The number of benzene rings is 1. The summed E-state index contributed by atoms with van der Waals surface area (Å²) in [6, 6.07) is 4.07. The number of rotatable bonds is 3. The number of Topliss-reactive ketones (excluding diaryl/α,β-unsaturated/α-hetero) is 1. The summed E-state index contributed by atoms with van der Waals surface area (Å²) in [7, 11) is 0. The van der Waals surface area contributed by atoms with Crippen LogP contribution in [-0.2, 0) is 12.6 Å². The van der Waals surface area contributed by atoms with E-state index in [0.29, 0.717) is 5.82 Å². The number of nitrogens with zero attached hydrogens (tertiary/aromatic N) is 2. The summed E-state index contributed by atoms with van der Waals surface area (Å²) >= 11 is 0. The van der Waals surface area contributed by atoms with Crippen LogP contribution in [0.3, 0.4) is 0 Å². The Morgan fingerprint density at radius 3 is 2.39 bits per heavy atom. The summed E-state index contributed by atoms with van der Waals surface area (Å²) in [5, 5.41) is 6.09. The van der Waals surface area contributed by atoms with Gasteiger partial charge in [0.1, 0.15) is 12.2 Å². The molecule has 1 heterocycles. The molecule has 0 radical (unpaired) electrons. The molecule has 1 aromatic carbocycles. The summed E-state index contributed by atoms with van der Waals surface area (Å²) in [5.74, 6) is 0.0559. The van der Waals surface area contributed by atoms with E-state index in [1.165, 1.54) is 6.33 Å². The maximum Gasteiger partial charge on any atom is 0.416 e. The lowest BCUT2D eigenvalue weighted by molar-refractivity contribution is -0.137. The Kier molecular flexibility index (Phi) is 3.14. The number of halogens is 3. The highest BCUT2D eigenvalue weighted by molar-refractivity contribution is 5.97. The summed E-state index contributed by atoms with van der Waals surface area (Å²) in [4.78, 5) is 15.5. The topological polar surface area (TPSA) is 58.6 Å². The normalized spacial score (nSPS) is 11.5. The van der Waals surface area contributed by atoms with Crippen LogP contribution in [-0.4, -0.2) is 21.0 Å². The number of carbonyl (C=O) groups is 1. The third kappa shape index (κ3) is 2.73. The molecule has 0 unspecified atom stereocenters. The van der Waals surface area contributed by atoms with Crippen LogP contribution in [0.4, 0.5) is 13.2 Å². The summed E-state index contributed by atoms with van der Waals surface area (Å²) in [6.07, 6.45) is -3.16. The van der Waals surface area contributed by atoms with Gasteiger partial charge in [0.15, 0.2) is 5.78 Å². The van der Waals surface area contributed by atoms with E-state index in [9.17, 15) is 18.0 Å². The van der Waals surface area contributed by atoms with E-state index in [1.54, 1.807) is 0 Å². The van der Waals surface area contributed by atoms with Crippen molar-refractivity contribution in [3.63, 3.8) is 0 Å². The SMILES string of the molecule is O=C(Cc1ncn[nH]1)c1ccc(C(F)(F)F)cc1. The van der Waals surface area contributed by atoms with Gasteiger partial charge in [0, 0.05) is 5.56 Å². The minimum absolute atomic E-state index is 0.0225. The van der Waals surface area contributed by atoms with Crippen LogP contribution in [0.15, 0.2) is 30.6 Å². The van der Waals surface area contributed by atoms with Crippen molar-refractivity contribution < 1.29 is 18.0 Å². The molecule has 0 fully saturated rings. The molecule has 0 aliphatic heterocycles. The fraction of sp³-hybridized carbons (Fsp3) is 0.182. The van der Waals surface area contributed by atoms with Gasteiger partial charge in [-0.3, -0.25) is 9.89 Å². The van der Waals surface area contributed by atoms with E-state index in [1.807, 2.05) is 0 Å². The number of aromatic amines is 1. The fourth-order valence-electron chi connectivity index (χ4n) is 1.42. The van der Waals surface area contributed by atoms with Gasteiger partial charge in [-0.25, -0.2) is 4.98 Å². The number of carbonyl (C=O) groups excluding carboxylic acids is 1. The Morgan fingerprint density at radius 1 is 1.22 bits per heavy atom. The van der Waals surface area contributed by atoms with Gasteiger partial charge < -0.3 is 0 Å². The Balaban J connectivity index is 2.12. The summed E-state index contributed by atoms with van der Waals surface area (Å²) in [6.45, 7) is 0. The quantitative estimate of drug-likeness (QED) is 0.856. The molecule has 94 valence electrons. The van der Waals surface area contributed by atoms with Crippen LogP contribution in [0.1, 0.15) is 21.7 Å². The van der Waals surface area contributed by atoms with Gasteiger partial charge in [-0.05, 0) is 12.1 Å². The monoisotopic (exact) mass is 255 g/mol. The van der Waals surface area contributed by atoms with Crippen molar-refractivity contribution in [1.29, 1.82) is 0 Å². The van der Waals surface area contributed by atoms with E-state index < -0.39 is 11.7 Å². The number of hydrogen-bond donors (Lipinski definition) is 1. The van der Waals surface area contributed by atoms with Gasteiger partial charge in [0.25, 0.3) is 0 Å². The summed E-state index contributed by atoms with van der Waals surface area (Å²) < 4.78 is 37.0. The molecule has 0 aliphatic carbocycles. The Hall–Kier alpha value is -2.18. The van der Waals surface area contributed by atoms with E-state index in [4.69, 9.17) is 0 Å². The first-order valence-electron chi connectivity index (χ1n) is 5.01. The van der Waals surface area contributed by atoms with Crippen LogP contribution in [0, 0.1) is 0 Å². The highest BCUT2D eigenvalue weighted by atomic mass is 19.4. The predicted molar refractivity (Wildman–Crippen MR) is 55.9 cm³/mol. The molecule has 0 amide bonds. The molecule has 1 N–H and O–H groups in total. The predicted octanol–water partition coefficient (Wildman–Crippen LogP) is 2.25. The van der Waals surface area contributed by atoms with Gasteiger partial charge in [0.05, 0.1) is 12.0 Å². The van der Waals surface area contributed by atoms with Crippen LogP contribution >= 0.6 is 0 Å². The van der Waals surface area contributed by atoms with Crippen molar-refractivity contribution >= 4 is 5.78 Å². The zero-order chi connectivity index (χ0) is 13.2. The molecule has 1 aromatic heterocycles. The van der Waals surface area contributed by atoms with Crippen LogP contribution < -0.4 is 0 Å². The molecule has 18 heavy (non-hydrogen) atoms. The highest BCUT2D eigenvalue weighted by Gasteiger charge is 2.30. The zero-order valence-corrected chi connectivity index (χ0v) is 9.03. The van der Waals surface area contributed by atoms with Crippen molar-refractivity contribution in [2.75, 3.05) is 0 Å². The second-order valence-electron chi connectivity index (χ2n) is 3.61. The first-order chi connectivity index (χ1) is 8.47. The number of nitrogens with one attached hydrogen (secondary N) is 1. The largest absolute Gasteiger partial charge is 0.416 e. The van der Waals surface area contributed by atoms with E-state index >= 15 is 0 Å². The van der Waals surface area contributed by atoms with E-state index in [-0.39, 0.29) is 17.8 Å². The third-order valence-electron chi connectivity index (χ3n) is 2.33. The summed E-state index contributed by atoms with van der Waals surface area (Å²) in [5.41, 5.74) is -0.571. The number of hydrogen-bond acceptors (Lipinski definition) is 3. The van der Waals surface area contributed by atoms with Gasteiger partial charge in [-0.1, -0.05) is 12.1 Å². The maximum atomic E-state index is 12.3. The molecule has 7 heteroatoms. The third-order valence-corrected chi connectivity index (χ3v) is 2.33. The van der Waals surface area contributed by atoms with Crippen molar-refractivity contribution in [3.8, 4) is 0 Å². The second-order valence-corrected chi connectivity index (χ2v) is 3.61. The van der Waals surface area contributed by atoms with Gasteiger partial charge in [0.2, 0.25) is 0 Å². The Morgan fingerprint density at radius 2 is 1.89 bits per heavy atom. The zero-order valence-electron chi connectivity index (χ0n) is 9.03. The van der Waals surface area contributed by atoms with Gasteiger partial charge in [-0.2, -0.15) is 18.3 Å². The minimum atomic E-state index is -4.40. The lowest BCUT2D eigenvalue weighted by atomic mass is 10.1. The van der Waals surface area contributed by atoms with E-state index in [2.05, 4.69) is 15.2 Å². The lowest BCUT2D eigenvalue weighted by Gasteiger charge is -2.06. The van der Waals surface area contributed by atoms with Crippen LogP contribution in [0.25, 0.3) is 0 Å². The van der Waals surface area contributed by atoms with Crippen LogP contribution in [0.5, 0.6) is 0 Å². The maximum absolute atomic E-state index is 12.3. The van der Waals surface area contributed by atoms with Crippen molar-refractivity contribution in [1.82, 2.24) is 15.2 Å².